The minimum Gasteiger partial charge on any atom is -0.390 e. The number of ether oxygens (including phenoxy) is 1. The largest absolute Gasteiger partial charge is 0.390 e. The highest BCUT2D eigenvalue weighted by molar-refractivity contribution is 7.99. The summed E-state index contributed by atoms with van der Waals surface area (Å²) in [5, 5.41) is 13.3. The summed E-state index contributed by atoms with van der Waals surface area (Å²) >= 11 is 1.68. The van der Waals surface area contributed by atoms with Crippen LogP contribution in [0.5, 0.6) is 0 Å². The van der Waals surface area contributed by atoms with Crippen molar-refractivity contribution in [1.82, 2.24) is 5.32 Å². The third-order valence-corrected chi connectivity index (χ3v) is 4.32. The van der Waals surface area contributed by atoms with Gasteiger partial charge in [0.15, 0.2) is 0 Å². The Morgan fingerprint density at radius 3 is 2.60 bits per heavy atom. The quantitative estimate of drug-likeness (QED) is 0.687. The second kappa shape index (κ2) is 8.03. The Labute approximate surface area is 126 Å². The molecule has 20 heavy (non-hydrogen) atoms. The Morgan fingerprint density at radius 1 is 1.30 bits per heavy atom. The molecule has 4 heteroatoms. The molecule has 0 aliphatic heterocycles. The first-order chi connectivity index (χ1) is 9.63. The summed E-state index contributed by atoms with van der Waals surface area (Å²) < 4.78 is 5.40. The van der Waals surface area contributed by atoms with Gasteiger partial charge in [0.05, 0.1) is 18.8 Å². The van der Waals surface area contributed by atoms with Crippen LogP contribution in [0.25, 0.3) is 0 Å². The summed E-state index contributed by atoms with van der Waals surface area (Å²) in [6, 6.07) is 9.33. The Kier molecular flexibility index (Phi) is 6.36. The molecule has 1 fully saturated rings. The number of thioether (sulfide) groups is 1. The fourth-order valence-electron chi connectivity index (χ4n) is 1.80. The van der Waals surface area contributed by atoms with Gasteiger partial charge >= 0.3 is 0 Å². The Bertz CT molecular complexity index is 390. The maximum absolute atomic E-state index is 9.81. The van der Waals surface area contributed by atoms with Crippen LogP contribution in [0.4, 0.5) is 0 Å². The number of nitrogens with one attached hydrogen (secondary N) is 1. The maximum Gasteiger partial charge on any atom is 0.0867 e. The smallest absolute Gasteiger partial charge is 0.0867 e. The third kappa shape index (κ3) is 6.27. The molecule has 1 aliphatic carbocycles. The van der Waals surface area contributed by atoms with Crippen LogP contribution in [0.15, 0.2) is 29.2 Å². The molecule has 0 saturated heterocycles. The number of aliphatic hydroxyl groups is 1. The van der Waals surface area contributed by atoms with Gasteiger partial charge in [0.25, 0.3) is 0 Å². The van der Waals surface area contributed by atoms with E-state index in [-0.39, 0.29) is 6.10 Å². The summed E-state index contributed by atoms with van der Waals surface area (Å²) in [6.07, 6.45) is 2.42. The van der Waals surface area contributed by atoms with E-state index in [1.165, 1.54) is 23.3 Å². The first-order valence-corrected chi connectivity index (χ1v) is 8.37. The van der Waals surface area contributed by atoms with Crippen LogP contribution in [0.1, 0.15) is 32.3 Å². The monoisotopic (exact) mass is 295 g/mol. The van der Waals surface area contributed by atoms with Gasteiger partial charge in [-0.15, -0.1) is 11.8 Å². The fourth-order valence-corrected chi connectivity index (χ4v) is 2.61. The molecule has 3 nitrogen and oxygen atoms in total. The van der Waals surface area contributed by atoms with E-state index < -0.39 is 6.10 Å². The highest BCUT2D eigenvalue weighted by Gasteiger charge is 2.19. The molecule has 1 unspecified atom stereocenters. The highest BCUT2D eigenvalue weighted by Crippen LogP contribution is 2.21. The molecule has 1 aromatic rings. The van der Waals surface area contributed by atoms with E-state index in [0.29, 0.717) is 12.4 Å². The lowest BCUT2D eigenvalue weighted by Gasteiger charge is -2.13. The van der Waals surface area contributed by atoms with Crippen LogP contribution in [0, 0.1) is 0 Å². The normalized spacial score (nSPS) is 16.6. The van der Waals surface area contributed by atoms with Crippen molar-refractivity contribution in [3.05, 3.63) is 29.8 Å². The highest BCUT2D eigenvalue weighted by atomic mass is 32.2. The van der Waals surface area contributed by atoms with Gasteiger partial charge in [0.2, 0.25) is 0 Å². The maximum atomic E-state index is 9.81. The molecular formula is C16H25NO2S. The molecule has 0 amide bonds. The van der Waals surface area contributed by atoms with Crippen LogP contribution in [0.2, 0.25) is 0 Å². The van der Waals surface area contributed by atoms with Gasteiger partial charge < -0.3 is 15.2 Å². The zero-order valence-electron chi connectivity index (χ0n) is 12.3. The second-order valence-electron chi connectivity index (χ2n) is 5.65. The molecule has 1 aromatic carbocycles. The van der Waals surface area contributed by atoms with E-state index in [1.54, 1.807) is 11.8 Å². The molecule has 1 saturated carbocycles. The summed E-state index contributed by atoms with van der Waals surface area (Å²) in [4.78, 5) is 1.20. The molecule has 112 valence electrons. The zero-order valence-corrected chi connectivity index (χ0v) is 13.2. The SMILES string of the molecule is CC(C)OCC(O)CSc1ccc(CNC2CC2)cc1. The van der Waals surface area contributed by atoms with Crippen LogP contribution in [-0.2, 0) is 11.3 Å². The summed E-state index contributed by atoms with van der Waals surface area (Å²) in [5.74, 6) is 0.673. The fraction of sp³-hybridized carbons (Fsp3) is 0.625. The van der Waals surface area contributed by atoms with E-state index in [0.717, 1.165) is 12.6 Å². The van der Waals surface area contributed by atoms with Crippen molar-refractivity contribution in [2.24, 2.45) is 0 Å². The topological polar surface area (TPSA) is 41.5 Å². The zero-order chi connectivity index (χ0) is 14.4. The molecule has 1 atom stereocenters. The first-order valence-electron chi connectivity index (χ1n) is 7.38. The Balaban J connectivity index is 1.67. The number of hydrogen-bond acceptors (Lipinski definition) is 4. The minimum absolute atomic E-state index is 0.174. The van der Waals surface area contributed by atoms with Crippen molar-refractivity contribution in [1.29, 1.82) is 0 Å². The molecule has 1 aliphatic rings. The van der Waals surface area contributed by atoms with Crippen molar-refractivity contribution < 1.29 is 9.84 Å². The summed E-state index contributed by atoms with van der Waals surface area (Å²) in [6.45, 7) is 5.33. The van der Waals surface area contributed by atoms with Crippen LogP contribution >= 0.6 is 11.8 Å². The van der Waals surface area contributed by atoms with Gasteiger partial charge in [-0.2, -0.15) is 0 Å². The molecule has 0 spiro atoms. The van der Waals surface area contributed by atoms with Crippen molar-refractivity contribution in [2.75, 3.05) is 12.4 Å². The van der Waals surface area contributed by atoms with Crippen LogP contribution in [0.3, 0.4) is 0 Å². The number of aliphatic hydroxyl groups excluding tert-OH is 1. The van der Waals surface area contributed by atoms with Crippen molar-refractivity contribution in [3.8, 4) is 0 Å². The third-order valence-electron chi connectivity index (χ3n) is 3.16. The summed E-state index contributed by atoms with van der Waals surface area (Å²) in [5.41, 5.74) is 1.32. The molecule has 0 bridgehead atoms. The number of rotatable bonds is 9. The molecule has 0 aromatic heterocycles. The van der Waals surface area contributed by atoms with Crippen molar-refractivity contribution in [3.63, 3.8) is 0 Å². The molecule has 0 heterocycles. The predicted octanol–water partition coefficient (Wildman–Crippen LogP) is 2.82. The number of hydrogen-bond donors (Lipinski definition) is 2. The van der Waals surface area contributed by atoms with Gasteiger partial charge in [-0.05, 0) is 44.4 Å². The van der Waals surface area contributed by atoms with E-state index in [4.69, 9.17) is 4.74 Å². The Hall–Kier alpha value is -0.550. The van der Waals surface area contributed by atoms with Gasteiger partial charge in [0, 0.05) is 23.2 Å². The van der Waals surface area contributed by atoms with Crippen LogP contribution in [-0.4, -0.2) is 35.7 Å². The molecular weight excluding hydrogens is 270 g/mol. The van der Waals surface area contributed by atoms with Crippen molar-refractivity contribution >= 4 is 11.8 Å². The average Bonchev–Trinajstić information content (AvgIpc) is 3.26. The number of benzene rings is 1. The predicted molar refractivity (Wildman–Crippen MR) is 84.1 cm³/mol. The lowest BCUT2D eigenvalue weighted by Crippen LogP contribution is -2.20. The minimum atomic E-state index is -0.404. The van der Waals surface area contributed by atoms with E-state index in [2.05, 4.69) is 29.6 Å². The Morgan fingerprint density at radius 2 is 2.00 bits per heavy atom. The van der Waals surface area contributed by atoms with E-state index in [9.17, 15) is 5.11 Å². The van der Waals surface area contributed by atoms with Gasteiger partial charge in [0.1, 0.15) is 0 Å². The standard InChI is InChI=1S/C16H25NO2S/c1-12(2)19-10-15(18)11-20-16-7-3-13(4-8-16)9-17-14-5-6-14/h3-4,7-8,12,14-15,17-18H,5-6,9-11H2,1-2H3. The first kappa shape index (κ1) is 15.8. The van der Waals surface area contributed by atoms with Crippen molar-refractivity contribution in [2.45, 2.75) is 56.4 Å². The lowest BCUT2D eigenvalue weighted by molar-refractivity contribution is 0.0152. The van der Waals surface area contributed by atoms with Gasteiger partial charge in [-0.25, -0.2) is 0 Å². The second-order valence-corrected chi connectivity index (χ2v) is 6.74. The molecule has 2 N–H and O–H groups in total. The lowest BCUT2D eigenvalue weighted by atomic mass is 10.2. The van der Waals surface area contributed by atoms with Crippen LogP contribution < -0.4 is 5.32 Å². The van der Waals surface area contributed by atoms with E-state index >= 15 is 0 Å². The summed E-state index contributed by atoms with van der Waals surface area (Å²) in [7, 11) is 0. The van der Waals surface area contributed by atoms with Gasteiger partial charge in [-0.1, -0.05) is 12.1 Å². The molecule has 2 rings (SSSR count). The van der Waals surface area contributed by atoms with E-state index in [1.807, 2.05) is 13.8 Å². The van der Waals surface area contributed by atoms with Gasteiger partial charge in [-0.3, -0.25) is 0 Å². The molecule has 0 radical (unpaired) electrons. The average molecular weight is 295 g/mol.